The minimum atomic E-state index is -0.250. The first-order valence-corrected chi connectivity index (χ1v) is 4.25. The smallest absolute Gasteiger partial charge is 0.0636 e. The molecule has 0 aliphatic carbocycles. The molecule has 1 unspecified atom stereocenters. The summed E-state index contributed by atoms with van der Waals surface area (Å²) >= 11 is 0. The van der Waals surface area contributed by atoms with Crippen LogP contribution in [0.4, 0.5) is 0 Å². The zero-order valence-electron chi connectivity index (χ0n) is 8.31. The molecule has 0 spiro atoms. The Hall–Kier alpha value is -0.0800. The largest absolute Gasteiger partial charge is 0.392 e. The molecule has 0 aromatic heterocycles. The van der Waals surface area contributed by atoms with E-state index >= 15 is 0 Å². The molecule has 2 heteroatoms. The van der Waals surface area contributed by atoms with Gasteiger partial charge in [-0.2, -0.15) is 0 Å². The lowest BCUT2D eigenvalue weighted by Gasteiger charge is -2.28. The number of hydrogen-bond acceptors (Lipinski definition) is 2. The van der Waals surface area contributed by atoms with Crippen LogP contribution in [-0.2, 0) is 0 Å². The molecule has 0 aliphatic rings. The van der Waals surface area contributed by atoms with E-state index in [9.17, 15) is 0 Å². The first kappa shape index (κ1) is 10.9. The highest BCUT2D eigenvalue weighted by molar-refractivity contribution is 4.76. The maximum absolute atomic E-state index is 9.00. The Morgan fingerprint density at radius 2 is 1.73 bits per heavy atom. The van der Waals surface area contributed by atoms with Crippen LogP contribution in [0, 0.1) is 5.41 Å². The van der Waals surface area contributed by atoms with E-state index in [0.29, 0.717) is 12.6 Å². The molecular formula is C9H21NO. The van der Waals surface area contributed by atoms with E-state index in [2.05, 4.69) is 33.0 Å². The van der Waals surface area contributed by atoms with Crippen molar-refractivity contribution in [2.24, 2.45) is 5.41 Å². The van der Waals surface area contributed by atoms with E-state index in [1.807, 2.05) is 0 Å². The lowest BCUT2D eigenvalue weighted by molar-refractivity contribution is 0.172. The lowest BCUT2D eigenvalue weighted by atomic mass is 9.88. The van der Waals surface area contributed by atoms with Gasteiger partial charge in [-0.3, -0.25) is 0 Å². The summed E-state index contributed by atoms with van der Waals surface area (Å²) in [5.41, 5.74) is 0.273. The van der Waals surface area contributed by atoms with Crippen molar-refractivity contribution < 1.29 is 5.11 Å². The molecule has 0 aliphatic heterocycles. The summed E-state index contributed by atoms with van der Waals surface area (Å²) in [7, 11) is 0. The Morgan fingerprint density at radius 1 is 1.27 bits per heavy atom. The molecule has 0 radical (unpaired) electrons. The molecule has 0 aromatic carbocycles. The van der Waals surface area contributed by atoms with Crippen molar-refractivity contribution in [3.05, 3.63) is 0 Å². The molecule has 68 valence electrons. The topological polar surface area (TPSA) is 32.3 Å². The van der Waals surface area contributed by atoms with E-state index in [1.54, 1.807) is 6.92 Å². The van der Waals surface area contributed by atoms with Gasteiger partial charge in [0.2, 0.25) is 0 Å². The zero-order valence-corrected chi connectivity index (χ0v) is 8.31. The van der Waals surface area contributed by atoms with Gasteiger partial charge in [0.05, 0.1) is 6.10 Å². The lowest BCUT2D eigenvalue weighted by Crippen LogP contribution is -2.40. The van der Waals surface area contributed by atoms with Crippen molar-refractivity contribution in [3.8, 4) is 0 Å². The molecule has 2 nitrogen and oxygen atoms in total. The fourth-order valence-corrected chi connectivity index (χ4v) is 0.654. The van der Waals surface area contributed by atoms with Gasteiger partial charge >= 0.3 is 0 Å². The Morgan fingerprint density at radius 3 is 2.00 bits per heavy atom. The second kappa shape index (κ2) is 4.07. The third-order valence-electron chi connectivity index (χ3n) is 2.02. The fourth-order valence-electron chi connectivity index (χ4n) is 0.654. The van der Waals surface area contributed by atoms with Crippen LogP contribution >= 0.6 is 0 Å². The summed E-state index contributed by atoms with van der Waals surface area (Å²) in [6.07, 6.45) is -0.250. The molecule has 2 N–H and O–H groups in total. The average molecular weight is 159 g/mol. The van der Waals surface area contributed by atoms with Crippen molar-refractivity contribution in [2.75, 3.05) is 6.54 Å². The quantitative estimate of drug-likeness (QED) is 0.652. The third kappa shape index (κ3) is 5.22. The van der Waals surface area contributed by atoms with Crippen LogP contribution in [-0.4, -0.2) is 23.8 Å². The second-order valence-corrected chi connectivity index (χ2v) is 4.34. The number of rotatable bonds is 3. The number of aliphatic hydroxyl groups excluding tert-OH is 1. The van der Waals surface area contributed by atoms with Crippen LogP contribution in [0.3, 0.4) is 0 Å². The standard InChI is InChI=1S/C9H21NO/c1-7(11)6-10-8(2)9(3,4)5/h7-8,10-11H,6H2,1-5H3/t7-,8?/m0/s1. The number of nitrogens with one attached hydrogen (secondary N) is 1. The number of aliphatic hydroxyl groups is 1. The minimum Gasteiger partial charge on any atom is -0.392 e. The molecule has 0 aromatic rings. The number of hydrogen-bond donors (Lipinski definition) is 2. The van der Waals surface area contributed by atoms with Crippen molar-refractivity contribution in [1.29, 1.82) is 0 Å². The predicted molar refractivity (Wildman–Crippen MR) is 48.6 cm³/mol. The molecule has 0 fully saturated rings. The van der Waals surface area contributed by atoms with Crippen molar-refractivity contribution in [2.45, 2.75) is 46.8 Å². The van der Waals surface area contributed by atoms with Gasteiger partial charge in [0.1, 0.15) is 0 Å². The van der Waals surface area contributed by atoms with E-state index < -0.39 is 0 Å². The van der Waals surface area contributed by atoms with Crippen molar-refractivity contribution in [1.82, 2.24) is 5.32 Å². The molecular weight excluding hydrogens is 138 g/mol. The summed E-state index contributed by atoms with van der Waals surface area (Å²) < 4.78 is 0. The second-order valence-electron chi connectivity index (χ2n) is 4.34. The van der Waals surface area contributed by atoms with Gasteiger partial charge in [0.15, 0.2) is 0 Å². The van der Waals surface area contributed by atoms with E-state index in [0.717, 1.165) is 0 Å². The van der Waals surface area contributed by atoms with Gasteiger partial charge < -0.3 is 10.4 Å². The first-order chi connectivity index (χ1) is 4.84. The van der Waals surface area contributed by atoms with Crippen molar-refractivity contribution >= 4 is 0 Å². The highest BCUT2D eigenvalue weighted by Crippen LogP contribution is 2.18. The molecule has 2 atom stereocenters. The third-order valence-corrected chi connectivity index (χ3v) is 2.02. The van der Waals surface area contributed by atoms with Gasteiger partial charge in [0, 0.05) is 12.6 Å². The summed E-state index contributed by atoms with van der Waals surface area (Å²) in [5, 5.41) is 12.3. The van der Waals surface area contributed by atoms with Gasteiger partial charge in [0.25, 0.3) is 0 Å². The fraction of sp³-hybridized carbons (Fsp3) is 1.00. The highest BCUT2D eigenvalue weighted by atomic mass is 16.3. The van der Waals surface area contributed by atoms with E-state index in [4.69, 9.17) is 5.11 Å². The monoisotopic (exact) mass is 159 g/mol. The molecule has 0 bridgehead atoms. The molecule has 11 heavy (non-hydrogen) atoms. The Bertz CT molecular complexity index is 105. The zero-order chi connectivity index (χ0) is 9.07. The van der Waals surface area contributed by atoms with Crippen LogP contribution in [0.2, 0.25) is 0 Å². The SMILES string of the molecule is CC(NC[C@H](C)O)C(C)(C)C. The molecule has 0 heterocycles. The Labute approximate surface area is 70.0 Å². The predicted octanol–water partition coefficient (Wildman–Crippen LogP) is 1.39. The molecule has 0 rings (SSSR count). The summed E-state index contributed by atoms with van der Waals surface area (Å²) in [4.78, 5) is 0. The highest BCUT2D eigenvalue weighted by Gasteiger charge is 2.19. The average Bonchev–Trinajstić information content (AvgIpc) is 1.80. The maximum atomic E-state index is 9.00. The normalized spacial score (nSPS) is 18.0. The summed E-state index contributed by atoms with van der Waals surface area (Å²) in [5.74, 6) is 0. The van der Waals surface area contributed by atoms with Crippen LogP contribution in [0.1, 0.15) is 34.6 Å². The van der Waals surface area contributed by atoms with Crippen LogP contribution in [0.15, 0.2) is 0 Å². The van der Waals surface area contributed by atoms with E-state index in [1.165, 1.54) is 0 Å². The van der Waals surface area contributed by atoms with Gasteiger partial charge in [-0.25, -0.2) is 0 Å². The van der Waals surface area contributed by atoms with E-state index in [-0.39, 0.29) is 11.5 Å². The minimum absolute atomic E-state index is 0.250. The molecule has 0 saturated heterocycles. The van der Waals surface area contributed by atoms with Gasteiger partial charge in [-0.05, 0) is 19.3 Å². The Kier molecular flexibility index (Phi) is 4.04. The maximum Gasteiger partial charge on any atom is 0.0636 e. The molecule has 0 saturated carbocycles. The summed E-state index contributed by atoms with van der Waals surface area (Å²) in [6, 6.07) is 0.442. The van der Waals surface area contributed by atoms with Gasteiger partial charge in [-0.1, -0.05) is 20.8 Å². The van der Waals surface area contributed by atoms with Crippen LogP contribution in [0.25, 0.3) is 0 Å². The van der Waals surface area contributed by atoms with Crippen LogP contribution in [0.5, 0.6) is 0 Å². The first-order valence-electron chi connectivity index (χ1n) is 4.25. The van der Waals surface area contributed by atoms with Crippen LogP contribution < -0.4 is 5.32 Å². The summed E-state index contributed by atoms with van der Waals surface area (Å²) in [6.45, 7) is 11.2. The van der Waals surface area contributed by atoms with Gasteiger partial charge in [-0.15, -0.1) is 0 Å². The Balaban J connectivity index is 3.61. The van der Waals surface area contributed by atoms with Crippen molar-refractivity contribution in [3.63, 3.8) is 0 Å². The molecule has 0 amide bonds.